The number of aliphatic hydroxyl groups excluding tert-OH is 1. The molecule has 3 nitrogen and oxygen atoms in total. The Bertz CT molecular complexity index is 168. The number of hydrogen-bond donors (Lipinski definition) is 1. The topological polar surface area (TPSA) is 54.4 Å². The van der Waals surface area contributed by atoms with Crippen LogP contribution in [0.2, 0.25) is 0 Å². The molecular formula is C8H12O3. The van der Waals surface area contributed by atoms with E-state index in [-0.39, 0.29) is 11.6 Å². The van der Waals surface area contributed by atoms with Crippen LogP contribution in [0, 0.1) is 0 Å². The van der Waals surface area contributed by atoms with Crippen LogP contribution in [-0.2, 0) is 9.59 Å². The third-order valence-corrected chi connectivity index (χ3v) is 0.597. The first-order valence-electron chi connectivity index (χ1n) is 2.99. The molecule has 0 spiro atoms. The zero-order valence-corrected chi connectivity index (χ0v) is 6.70. The van der Waals surface area contributed by atoms with Gasteiger partial charge in [0.15, 0.2) is 11.6 Å². The summed E-state index contributed by atoms with van der Waals surface area (Å²) < 4.78 is 0. The van der Waals surface area contributed by atoms with E-state index in [1.165, 1.54) is 19.9 Å². The Morgan fingerprint density at radius 3 is 1.64 bits per heavy atom. The highest BCUT2D eigenvalue weighted by molar-refractivity contribution is 5.86. The molecule has 1 N–H and O–H groups in total. The van der Waals surface area contributed by atoms with Crippen molar-refractivity contribution in [3.05, 3.63) is 25.0 Å². The summed E-state index contributed by atoms with van der Waals surface area (Å²) in [6, 6.07) is 0. The summed E-state index contributed by atoms with van der Waals surface area (Å²) in [5.74, 6) is -0.123. The molecule has 0 amide bonds. The molecular weight excluding hydrogens is 144 g/mol. The standard InChI is InChI=1S/C4H6O2.C4H6O/c1-4(6)2-3-5;1-3-4(2)5/h2-3,5H,1H3;3H,1H2,2H3. The Balaban J connectivity index is 0. The Morgan fingerprint density at radius 2 is 1.64 bits per heavy atom. The van der Waals surface area contributed by atoms with E-state index in [0.717, 1.165) is 12.3 Å². The number of carbonyl (C=O) groups excluding carboxylic acids is 2. The van der Waals surface area contributed by atoms with Gasteiger partial charge in [0.25, 0.3) is 0 Å². The molecule has 0 aliphatic rings. The lowest BCUT2D eigenvalue weighted by Crippen LogP contribution is -1.77. The van der Waals surface area contributed by atoms with Gasteiger partial charge in [-0.2, -0.15) is 0 Å². The van der Waals surface area contributed by atoms with E-state index in [1.807, 2.05) is 0 Å². The van der Waals surface area contributed by atoms with Gasteiger partial charge < -0.3 is 5.11 Å². The average Bonchev–Trinajstić information content (AvgIpc) is 1.89. The van der Waals surface area contributed by atoms with Crippen LogP contribution >= 0.6 is 0 Å². The Morgan fingerprint density at radius 1 is 1.27 bits per heavy atom. The van der Waals surface area contributed by atoms with E-state index < -0.39 is 0 Å². The molecule has 0 saturated heterocycles. The predicted molar refractivity (Wildman–Crippen MR) is 43.3 cm³/mol. The molecule has 0 rings (SSSR count). The van der Waals surface area contributed by atoms with Crippen LogP contribution in [0.4, 0.5) is 0 Å². The molecule has 0 unspecified atom stereocenters. The fourth-order valence-electron chi connectivity index (χ4n) is 0.105. The number of allylic oxidation sites excluding steroid dienone is 2. The maximum Gasteiger partial charge on any atom is 0.155 e. The number of carbonyl (C=O) groups is 2. The zero-order valence-electron chi connectivity index (χ0n) is 6.70. The second kappa shape index (κ2) is 8.62. The highest BCUT2D eigenvalue weighted by atomic mass is 16.2. The van der Waals surface area contributed by atoms with Gasteiger partial charge in [0.05, 0.1) is 6.26 Å². The highest BCUT2D eigenvalue weighted by Gasteiger charge is 1.74. The fraction of sp³-hybridized carbons (Fsp3) is 0.250. The maximum absolute atomic E-state index is 9.80. The minimum atomic E-state index is -0.141. The van der Waals surface area contributed by atoms with Crippen LogP contribution in [-0.4, -0.2) is 16.7 Å². The number of aliphatic hydroxyl groups is 1. The summed E-state index contributed by atoms with van der Waals surface area (Å²) >= 11 is 0. The van der Waals surface area contributed by atoms with Crippen LogP contribution in [0.3, 0.4) is 0 Å². The summed E-state index contributed by atoms with van der Waals surface area (Å²) in [6.07, 6.45) is 3.09. The van der Waals surface area contributed by atoms with Gasteiger partial charge in [0, 0.05) is 6.08 Å². The van der Waals surface area contributed by atoms with Gasteiger partial charge in [-0.1, -0.05) is 6.58 Å². The van der Waals surface area contributed by atoms with Gasteiger partial charge in [-0.25, -0.2) is 0 Å². The first kappa shape index (κ1) is 12.3. The summed E-state index contributed by atoms with van der Waals surface area (Å²) in [4.78, 5) is 19.5. The number of hydrogen-bond acceptors (Lipinski definition) is 3. The number of rotatable bonds is 2. The van der Waals surface area contributed by atoms with E-state index in [9.17, 15) is 9.59 Å². The van der Waals surface area contributed by atoms with Crippen molar-refractivity contribution >= 4 is 11.6 Å². The van der Waals surface area contributed by atoms with Crippen molar-refractivity contribution in [3.8, 4) is 0 Å². The molecule has 62 valence electrons. The average molecular weight is 156 g/mol. The SMILES string of the molecule is C=CC(C)=O.CC(=O)C=CO. The van der Waals surface area contributed by atoms with Gasteiger partial charge >= 0.3 is 0 Å². The molecule has 0 aromatic heterocycles. The lowest BCUT2D eigenvalue weighted by atomic mass is 10.4. The lowest BCUT2D eigenvalue weighted by molar-refractivity contribution is -0.113. The molecule has 11 heavy (non-hydrogen) atoms. The second-order valence-electron chi connectivity index (χ2n) is 1.74. The normalized spacial score (nSPS) is 8.18. The minimum absolute atomic E-state index is 0.0185. The van der Waals surface area contributed by atoms with E-state index in [4.69, 9.17) is 5.11 Å². The monoisotopic (exact) mass is 156 g/mol. The summed E-state index contributed by atoms with van der Waals surface area (Å²) in [6.45, 7) is 6.04. The van der Waals surface area contributed by atoms with Crippen molar-refractivity contribution in [2.75, 3.05) is 0 Å². The first-order valence-corrected chi connectivity index (χ1v) is 2.99. The Labute approximate surface area is 66.0 Å². The molecule has 0 aromatic carbocycles. The van der Waals surface area contributed by atoms with Crippen molar-refractivity contribution < 1.29 is 14.7 Å². The van der Waals surface area contributed by atoms with Gasteiger partial charge in [0.1, 0.15) is 0 Å². The first-order chi connectivity index (χ1) is 5.04. The van der Waals surface area contributed by atoms with E-state index >= 15 is 0 Å². The summed E-state index contributed by atoms with van der Waals surface area (Å²) in [7, 11) is 0. The van der Waals surface area contributed by atoms with E-state index in [0.29, 0.717) is 0 Å². The quantitative estimate of drug-likeness (QED) is 0.485. The summed E-state index contributed by atoms with van der Waals surface area (Å²) in [5.41, 5.74) is 0. The van der Waals surface area contributed by atoms with Crippen LogP contribution in [0.25, 0.3) is 0 Å². The van der Waals surface area contributed by atoms with Crippen LogP contribution < -0.4 is 0 Å². The molecule has 0 aliphatic heterocycles. The third-order valence-electron chi connectivity index (χ3n) is 0.597. The van der Waals surface area contributed by atoms with Crippen LogP contribution in [0.1, 0.15) is 13.8 Å². The molecule has 0 saturated carbocycles. The molecule has 0 bridgehead atoms. The van der Waals surface area contributed by atoms with Crippen LogP contribution in [0.15, 0.2) is 25.0 Å². The molecule has 3 heteroatoms. The van der Waals surface area contributed by atoms with Crippen molar-refractivity contribution in [2.24, 2.45) is 0 Å². The lowest BCUT2D eigenvalue weighted by Gasteiger charge is -1.68. The van der Waals surface area contributed by atoms with Crippen molar-refractivity contribution in [1.82, 2.24) is 0 Å². The van der Waals surface area contributed by atoms with Crippen molar-refractivity contribution in [2.45, 2.75) is 13.8 Å². The largest absolute Gasteiger partial charge is 0.515 e. The second-order valence-corrected chi connectivity index (χ2v) is 1.74. The van der Waals surface area contributed by atoms with Gasteiger partial charge in [-0.15, -0.1) is 0 Å². The van der Waals surface area contributed by atoms with E-state index in [1.54, 1.807) is 0 Å². The zero-order chi connectivity index (χ0) is 9.28. The molecule has 0 atom stereocenters. The van der Waals surface area contributed by atoms with E-state index in [2.05, 4.69) is 6.58 Å². The van der Waals surface area contributed by atoms with Gasteiger partial charge in [0.2, 0.25) is 0 Å². The Kier molecular flexibility index (Phi) is 9.65. The van der Waals surface area contributed by atoms with Crippen molar-refractivity contribution in [1.29, 1.82) is 0 Å². The van der Waals surface area contributed by atoms with Crippen LogP contribution in [0.5, 0.6) is 0 Å². The van der Waals surface area contributed by atoms with Gasteiger partial charge in [-0.05, 0) is 19.9 Å². The predicted octanol–water partition coefficient (Wildman–Crippen LogP) is 1.41. The molecule has 0 aliphatic carbocycles. The van der Waals surface area contributed by atoms with Gasteiger partial charge in [-0.3, -0.25) is 9.59 Å². The summed E-state index contributed by atoms with van der Waals surface area (Å²) in [5, 5.41) is 7.84. The number of ketones is 2. The highest BCUT2D eigenvalue weighted by Crippen LogP contribution is 1.66. The molecule has 0 aromatic rings. The molecule has 0 fully saturated rings. The molecule has 0 heterocycles. The van der Waals surface area contributed by atoms with Crippen molar-refractivity contribution in [3.63, 3.8) is 0 Å². The third kappa shape index (κ3) is 28.8. The Hall–Kier alpha value is -1.38. The minimum Gasteiger partial charge on any atom is -0.515 e. The maximum atomic E-state index is 9.80. The molecule has 0 radical (unpaired) electrons. The fourth-order valence-corrected chi connectivity index (χ4v) is 0.105. The smallest absolute Gasteiger partial charge is 0.155 e.